The molecule has 7 rings (SSSR count). The highest BCUT2D eigenvalue weighted by atomic mass is 16.6. The summed E-state index contributed by atoms with van der Waals surface area (Å²) in [6.07, 6.45) is 6.38. The van der Waals surface area contributed by atoms with E-state index in [9.17, 15) is 19.2 Å². The number of cyclic esters (lactones) is 1. The average Bonchev–Trinajstić information content (AvgIpc) is 3.48. The fourth-order valence-electron chi connectivity index (χ4n) is 9.02. The van der Waals surface area contributed by atoms with Gasteiger partial charge in [0, 0.05) is 42.0 Å². The highest BCUT2D eigenvalue weighted by Gasteiger charge is 2.77. The molecule has 0 unspecified atom stereocenters. The Morgan fingerprint density at radius 3 is 2.00 bits per heavy atom. The lowest BCUT2D eigenvalue weighted by Gasteiger charge is -2.70. The lowest BCUT2D eigenvalue weighted by atomic mass is 9.41. The Morgan fingerprint density at radius 2 is 1.40 bits per heavy atom. The number of nitrogens with zero attached hydrogens (tertiary/aromatic N) is 2. The SMILES string of the molecule is CC1=CCC[C@H]2[C@@]1(C)[C@@H](OC(=O)c1cccnc1)[C@H](OC(=O)c1ccccc1)[C@]1(C)O[C@]3(COC(=O)C3)C[C@H](OC(=O)c3cccnc3)[C@]21C. The molecule has 4 aliphatic rings. The van der Waals surface area contributed by atoms with Gasteiger partial charge in [-0.2, -0.15) is 0 Å². The number of benzene rings is 1. The molecule has 4 heterocycles. The molecule has 1 saturated carbocycles. The van der Waals surface area contributed by atoms with Gasteiger partial charge in [0.1, 0.15) is 23.9 Å². The van der Waals surface area contributed by atoms with Crippen LogP contribution in [0.4, 0.5) is 0 Å². The van der Waals surface area contributed by atoms with Crippen LogP contribution < -0.4 is 0 Å². The lowest BCUT2D eigenvalue weighted by molar-refractivity contribution is -0.360. The summed E-state index contributed by atoms with van der Waals surface area (Å²) in [5.74, 6) is -2.64. The van der Waals surface area contributed by atoms with Crippen molar-refractivity contribution in [2.75, 3.05) is 6.61 Å². The van der Waals surface area contributed by atoms with E-state index in [2.05, 4.69) is 16.0 Å². The van der Waals surface area contributed by atoms with E-state index in [1.165, 1.54) is 12.4 Å². The van der Waals surface area contributed by atoms with E-state index in [-0.39, 0.29) is 36.5 Å². The number of aromatic nitrogens is 2. The second-order valence-corrected chi connectivity index (χ2v) is 14.4. The van der Waals surface area contributed by atoms with E-state index in [1.807, 2.05) is 27.7 Å². The van der Waals surface area contributed by atoms with Crippen LogP contribution in [0, 0.1) is 16.7 Å². The number of carbonyl (C=O) groups excluding carboxylic acids is 4. The Balaban J connectivity index is 1.42. The first kappa shape index (κ1) is 33.6. The highest BCUT2D eigenvalue weighted by molar-refractivity contribution is 5.91. The number of rotatable bonds is 6. The van der Waals surface area contributed by atoms with Gasteiger partial charge in [-0.3, -0.25) is 14.8 Å². The van der Waals surface area contributed by atoms with Crippen LogP contribution in [0.1, 0.15) is 84.5 Å². The molecule has 0 amide bonds. The Hall–Kier alpha value is -4.90. The molecule has 0 N–H and O–H groups in total. The Labute approximate surface area is 290 Å². The van der Waals surface area contributed by atoms with Gasteiger partial charge in [0.2, 0.25) is 0 Å². The van der Waals surface area contributed by atoms with Crippen LogP contribution in [-0.2, 0) is 28.5 Å². The Kier molecular flexibility index (Phi) is 8.37. The standard InChI is InChI=1S/C39H40N2O9/c1-24-11-8-16-28-36(24,2)31(48-35(45)27-15-10-18-41-22-27)32(49-33(43)25-12-6-5-7-13-25)38(4)37(28,3)29(19-39(50-38)20-30(42)46-23-39)47-34(44)26-14-9-17-40-21-26/h5-7,9-15,17-18,21-22,28-29,31-32H,8,16,19-20,23H2,1-4H3/t28-,29-,31-,32-,36-,37-,38-,39+/m0/s1. The molecular formula is C39H40N2O9. The number of hydrogen-bond donors (Lipinski definition) is 0. The zero-order valence-corrected chi connectivity index (χ0v) is 28.5. The lowest BCUT2D eigenvalue weighted by Crippen LogP contribution is -2.80. The fraction of sp³-hybridized carbons (Fsp3) is 0.436. The van der Waals surface area contributed by atoms with E-state index in [0.717, 1.165) is 5.57 Å². The molecule has 11 heteroatoms. The smallest absolute Gasteiger partial charge is 0.340 e. The number of ether oxygens (including phenoxy) is 5. The van der Waals surface area contributed by atoms with Crippen LogP contribution in [0.5, 0.6) is 0 Å². The van der Waals surface area contributed by atoms with E-state index in [4.69, 9.17) is 23.7 Å². The second kappa shape index (κ2) is 12.5. The Bertz CT molecular complexity index is 1840. The quantitative estimate of drug-likeness (QED) is 0.180. The molecule has 0 bridgehead atoms. The minimum atomic E-state index is -1.48. The molecule has 50 heavy (non-hydrogen) atoms. The van der Waals surface area contributed by atoms with Gasteiger partial charge in [-0.15, -0.1) is 0 Å². The van der Waals surface area contributed by atoms with E-state index in [0.29, 0.717) is 18.4 Å². The topological polar surface area (TPSA) is 140 Å². The van der Waals surface area contributed by atoms with Crippen LogP contribution in [-0.4, -0.2) is 70.0 Å². The summed E-state index contributed by atoms with van der Waals surface area (Å²) in [6.45, 7) is 7.75. The summed E-state index contributed by atoms with van der Waals surface area (Å²) in [7, 11) is 0. The largest absolute Gasteiger partial charge is 0.462 e. The van der Waals surface area contributed by atoms with Crippen LogP contribution in [0.2, 0.25) is 0 Å². The fourth-order valence-corrected chi connectivity index (χ4v) is 9.02. The monoisotopic (exact) mass is 680 g/mol. The van der Waals surface area contributed by atoms with E-state index in [1.54, 1.807) is 67.0 Å². The first-order valence-corrected chi connectivity index (χ1v) is 16.9. The number of carbonyl (C=O) groups is 4. The molecule has 11 nitrogen and oxygen atoms in total. The van der Waals surface area contributed by atoms with Gasteiger partial charge in [0.25, 0.3) is 0 Å². The Morgan fingerprint density at radius 1 is 0.800 bits per heavy atom. The van der Waals surface area contributed by atoms with Crippen molar-refractivity contribution >= 4 is 23.9 Å². The first-order chi connectivity index (χ1) is 23.9. The predicted molar refractivity (Wildman–Crippen MR) is 178 cm³/mol. The normalized spacial score (nSPS) is 34.4. The summed E-state index contributed by atoms with van der Waals surface area (Å²) < 4.78 is 32.2. The molecule has 3 fully saturated rings. The van der Waals surface area contributed by atoms with Crippen molar-refractivity contribution < 1.29 is 42.9 Å². The van der Waals surface area contributed by atoms with Crippen molar-refractivity contribution in [3.63, 3.8) is 0 Å². The molecule has 2 saturated heterocycles. The van der Waals surface area contributed by atoms with Crippen molar-refractivity contribution in [2.24, 2.45) is 16.7 Å². The molecule has 1 aromatic carbocycles. The van der Waals surface area contributed by atoms with Crippen LogP contribution in [0.15, 0.2) is 91.0 Å². The molecule has 0 radical (unpaired) electrons. The van der Waals surface area contributed by atoms with Crippen LogP contribution in [0.3, 0.4) is 0 Å². The molecule has 2 aromatic heterocycles. The van der Waals surface area contributed by atoms with Gasteiger partial charge >= 0.3 is 23.9 Å². The predicted octanol–water partition coefficient (Wildman–Crippen LogP) is 5.70. The van der Waals surface area contributed by atoms with Gasteiger partial charge in [0.05, 0.1) is 23.1 Å². The molecule has 2 aliphatic heterocycles. The third-order valence-corrected chi connectivity index (χ3v) is 11.8. The summed E-state index contributed by atoms with van der Waals surface area (Å²) >= 11 is 0. The van der Waals surface area contributed by atoms with E-state index >= 15 is 0 Å². The van der Waals surface area contributed by atoms with Gasteiger partial charge in [-0.1, -0.05) is 43.7 Å². The number of pyridine rings is 2. The van der Waals surface area contributed by atoms with Gasteiger partial charge < -0.3 is 23.7 Å². The maximum absolute atomic E-state index is 14.1. The van der Waals surface area contributed by atoms with Crippen molar-refractivity contribution in [3.05, 3.63) is 108 Å². The highest BCUT2D eigenvalue weighted by Crippen LogP contribution is 2.69. The number of hydrogen-bond acceptors (Lipinski definition) is 11. The number of fused-ring (bicyclic) bond motifs is 3. The third-order valence-electron chi connectivity index (χ3n) is 11.8. The third kappa shape index (κ3) is 5.30. The minimum absolute atomic E-state index is 0.0845. The van der Waals surface area contributed by atoms with Gasteiger partial charge in [-0.25, -0.2) is 14.4 Å². The molecule has 2 aliphatic carbocycles. The van der Waals surface area contributed by atoms with Crippen LogP contribution in [0.25, 0.3) is 0 Å². The maximum Gasteiger partial charge on any atom is 0.340 e. The molecule has 260 valence electrons. The molecule has 8 atom stereocenters. The number of esters is 4. The zero-order valence-electron chi connectivity index (χ0n) is 28.5. The van der Waals surface area contributed by atoms with Crippen LogP contribution >= 0.6 is 0 Å². The first-order valence-electron chi connectivity index (χ1n) is 16.9. The van der Waals surface area contributed by atoms with Crippen molar-refractivity contribution in [2.45, 2.75) is 82.9 Å². The summed E-state index contributed by atoms with van der Waals surface area (Å²) in [4.78, 5) is 62.8. The summed E-state index contributed by atoms with van der Waals surface area (Å²) in [5.41, 5.74) is -2.92. The maximum atomic E-state index is 14.1. The zero-order chi connectivity index (χ0) is 35.3. The second-order valence-electron chi connectivity index (χ2n) is 14.4. The molecule has 1 spiro atoms. The van der Waals surface area contributed by atoms with Crippen molar-refractivity contribution in [3.8, 4) is 0 Å². The van der Waals surface area contributed by atoms with E-state index < -0.39 is 64.2 Å². The van der Waals surface area contributed by atoms with Gasteiger partial charge in [0.15, 0.2) is 12.2 Å². The van der Waals surface area contributed by atoms with Gasteiger partial charge in [-0.05, 0) is 69.0 Å². The van der Waals surface area contributed by atoms with Crippen molar-refractivity contribution in [1.82, 2.24) is 9.97 Å². The minimum Gasteiger partial charge on any atom is -0.462 e. The average molecular weight is 681 g/mol. The summed E-state index contributed by atoms with van der Waals surface area (Å²) in [5, 5.41) is 0. The molecular weight excluding hydrogens is 640 g/mol. The molecule has 3 aromatic rings. The number of allylic oxidation sites excluding steroid dienone is 1. The summed E-state index contributed by atoms with van der Waals surface area (Å²) in [6, 6.07) is 15.1. The van der Waals surface area contributed by atoms with Crippen molar-refractivity contribution in [1.29, 1.82) is 0 Å².